The highest BCUT2D eigenvalue weighted by molar-refractivity contribution is 6.10. The van der Waals surface area contributed by atoms with E-state index in [0.29, 0.717) is 0 Å². The number of amides is 1. The van der Waals surface area contributed by atoms with Crippen molar-refractivity contribution in [2.24, 2.45) is 0 Å². The third-order valence-electron chi connectivity index (χ3n) is 5.55. The Morgan fingerprint density at radius 3 is 2.88 bits per heavy atom. The number of fused-ring (bicyclic) bond motifs is 6. The van der Waals surface area contributed by atoms with Gasteiger partial charge in [-0.05, 0) is 36.2 Å². The van der Waals surface area contributed by atoms with Crippen LogP contribution < -0.4 is 15.0 Å². The van der Waals surface area contributed by atoms with E-state index >= 15 is 0 Å². The maximum Gasteiger partial charge on any atom is 0.257 e. The highest BCUT2D eigenvalue weighted by Gasteiger charge is 2.54. The Labute approximate surface area is 145 Å². The number of likely N-dealkylation sites (N-methyl/N-ethyl adjacent to an activating group) is 1. The van der Waals surface area contributed by atoms with E-state index in [1.54, 1.807) is 12.0 Å². The molecule has 3 aromatic rings. The maximum absolute atomic E-state index is 13.3. The average molecular weight is 333 g/mol. The van der Waals surface area contributed by atoms with Gasteiger partial charge in [-0.2, -0.15) is 0 Å². The van der Waals surface area contributed by atoms with Crippen LogP contribution in [0.1, 0.15) is 16.8 Å². The lowest BCUT2D eigenvalue weighted by molar-refractivity contribution is -0.122. The molecule has 25 heavy (non-hydrogen) atoms. The summed E-state index contributed by atoms with van der Waals surface area (Å²) in [5.41, 5.74) is 4.35. The summed E-state index contributed by atoms with van der Waals surface area (Å²) in [5, 5.41) is 4.66. The van der Waals surface area contributed by atoms with Gasteiger partial charge in [0.1, 0.15) is 5.75 Å². The molecule has 5 heteroatoms. The summed E-state index contributed by atoms with van der Waals surface area (Å²) in [6.07, 6.45) is 0.878. The van der Waals surface area contributed by atoms with Crippen molar-refractivity contribution in [3.8, 4) is 5.75 Å². The second-order valence-corrected chi connectivity index (χ2v) is 6.70. The Kier molecular flexibility index (Phi) is 2.83. The number of para-hydroxylation sites is 1. The van der Waals surface area contributed by atoms with Crippen LogP contribution in [0.3, 0.4) is 0 Å². The molecular formula is C20H19N3O2. The van der Waals surface area contributed by atoms with Crippen LogP contribution in [0.15, 0.2) is 42.5 Å². The van der Waals surface area contributed by atoms with Crippen LogP contribution in [-0.2, 0) is 16.8 Å². The Morgan fingerprint density at radius 1 is 1.20 bits per heavy atom. The van der Waals surface area contributed by atoms with Crippen molar-refractivity contribution < 1.29 is 9.53 Å². The Bertz CT molecular complexity index is 1020. The summed E-state index contributed by atoms with van der Waals surface area (Å²) in [7, 11) is 3.52. The molecule has 2 aliphatic heterocycles. The van der Waals surface area contributed by atoms with E-state index in [-0.39, 0.29) is 5.91 Å². The van der Waals surface area contributed by atoms with Crippen LogP contribution in [-0.4, -0.2) is 31.6 Å². The largest absolute Gasteiger partial charge is 0.497 e. The summed E-state index contributed by atoms with van der Waals surface area (Å²) >= 11 is 0. The SMILES string of the molecule is COc1ccc2[nH]c3c(c2c1)CCN[C@]31C(=O)N(C)c2ccccc21. The molecule has 1 aromatic heterocycles. The van der Waals surface area contributed by atoms with Gasteiger partial charge in [0.05, 0.1) is 12.8 Å². The standard InChI is InChI=1S/C20H19N3O2/c1-23-17-6-4-3-5-15(17)20(19(23)24)18-13(9-10-21-20)14-11-12(25-2)7-8-16(14)22-18/h3-8,11,21-22H,9-10H2,1-2H3/t20-/m0/s1. The molecule has 2 aromatic carbocycles. The number of benzene rings is 2. The molecule has 0 saturated heterocycles. The summed E-state index contributed by atoms with van der Waals surface area (Å²) in [5.74, 6) is 0.894. The topological polar surface area (TPSA) is 57.4 Å². The van der Waals surface area contributed by atoms with E-state index in [1.165, 1.54) is 5.56 Å². The molecule has 0 aliphatic carbocycles. The van der Waals surface area contributed by atoms with Gasteiger partial charge in [-0.25, -0.2) is 0 Å². The molecule has 2 aliphatic rings. The van der Waals surface area contributed by atoms with Gasteiger partial charge in [0.2, 0.25) is 0 Å². The van der Waals surface area contributed by atoms with Gasteiger partial charge in [-0.3, -0.25) is 10.1 Å². The molecule has 0 bridgehead atoms. The van der Waals surface area contributed by atoms with Crippen molar-refractivity contribution in [3.63, 3.8) is 0 Å². The number of H-pyrrole nitrogens is 1. The minimum atomic E-state index is -0.828. The molecule has 1 atom stereocenters. The van der Waals surface area contributed by atoms with Crippen LogP contribution in [0.2, 0.25) is 0 Å². The van der Waals surface area contributed by atoms with Crippen molar-refractivity contribution in [1.29, 1.82) is 0 Å². The summed E-state index contributed by atoms with van der Waals surface area (Å²) in [6, 6.07) is 14.0. The maximum atomic E-state index is 13.3. The third-order valence-corrected chi connectivity index (χ3v) is 5.55. The average Bonchev–Trinajstić information content (AvgIpc) is 3.13. The lowest BCUT2D eigenvalue weighted by Gasteiger charge is -2.33. The Morgan fingerprint density at radius 2 is 2.04 bits per heavy atom. The van der Waals surface area contributed by atoms with Crippen LogP contribution in [0.25, 0.3) is 10.9 Å². The van der Waals surface area contributed by atoms with E-state index in [1.807, 2.05) is 43.4 Å². The number of nitrogens with zero attached hydrogens (tertiary/aromatic N) is 1. The number of carbonyl (C=O) groups excluding carboxylic acids is 1. The number of nitrogens with one attached hydrogen (secondary N) is 2. The fourth-order valence-corrected chi connectivity index (χ4v) is 4.37. The zero-order valence-corrected chi connectivity index (χ0v) is 14.2. The first kappa shape index (κ1) is 14.5. The van der Waals surface area contributed by atoms with Gasteiger partial charge in [0.25, 0.3) is 5.91 Å². The van der Waals surface area contributed by atoms with Crippen molar-refractivity contribution in [1.82, 2.24) is 10.3 Å². The minimum absolute atomic E-state index is 0.0631. The first-order valence-corrected chi connectivity index (χ1v) is 8.48. The van der Waals surface area contributed by atoms with E-state index in [4.69, 9.17) is 4.74 Å². The third kappa shape index (κ3) is 1.68. The first-order valence-electron chi connectivity index (χ1n) is 8.48. The Balaban J connectivity index is 1.83. The number of aromatic nitrogens is 1. The van der Waals surface area contributed by atoms with E-state index in [9.17, 15) is 4.79 Å². The molecule has 0 unspecified atom stereocenters. The zero-order valence-electron chi connectivity index (χ0n) is 14.2. The smallest absolute Gasteiger partial charge is 0.257 e. The van der Waals surface area contributed by atoms with Crippen molar-refractivity contribution in [2.75, 3.05) is 25.6 Å². The van der Waals surface area contributed by atoms with Gasteiger partial charge in [0, 0.05) is 35.7 Å². The second-order valence-electron chi connectivity index (χ2n) is 6.70. The van der Waals surface area contributed by atoms with Gasteiger partial charge < -0.3 is 14.6 Å². The number of ether oxygens (including phenoxy) is 1. The highest BCUT2D eigenvalue weighted by Crippen LogP contribution is 2.47. The summed E-state index contributed by atoms with van der Waals surface area (Å²) in [6.45, 7) is 0.755. The fourth-order valence-electron chi connectivity index (χ4n) is 4.37. The van der Waals surface area contributed by atoms with E-state index < -0.39 is 5.54 Å². The Hall–Kier alpha value is -2.79. The number of hydrogen-bond acceptors (Lipinski definition) is 3. The van der Waals surface area contributed by atoms with Crippen LogP contribution in [0.4, 0.5) is 5.69 Å². The molecule has 0 radical (unpaired) electrons. The minimum Gasteiger partial charge on any atom is -0.497 e. The molecule has 5 rings (SSSR count). The lowest BCUT2D eigenvalue weighted by Crippen LogP contribution is -2.54. The first-order chi connectivity index (χ1) is 12.2. The van der Waals surface area contributed by atoms with Crippen molar-refractivity contribution in [2.45, 2.75) is 12.0 Å². The van der Waals surface area contributed by atoms with Gasteiger partial charge in [-0.15, -0.1) is 0 Å². The normalized spacial score (nSPS) is 21.7. The predicted molar refractivity (Wildman–Crippen MR) is 97.2 cm³/mol. The van der Waals surface area contributed by atoms with Gasteiger partial charge >= 0.3 is 0 Å². The number of aromatic amines is 1. The van der Waals surface area contributed by atoms with Gasteiger partial charge in [-0.1, -0.05) is 18.2 Å². The molecule has 2 N–H and O–H groups in total. The van der Waals surface area contributed by atoms with E-state index in [0.717, 1.165) is 46.6 Å². The highest BCUT2D eigenvalue weighted by atomic mass is 16.5. The second kappa shape index (κ2) is 4.86. The number of carbonyl (C=O) groups is 1. The molecule has 3 heterocycles. The van der Waals surface area contributed by atoms with Crippen molar-refractivity contribution >= 4 is 22.5 Å². The van der Waals surface area contributed by atoms with Crippen LogP contribution in [0, 0.1) is 0 Å². The van der Waals surface area contributed by atoms with Gasteiger partial charge in [0.15, 0.2) is 5.54 Å². The molecule has 0 fully saturated rings. The quantitative estimate of drug-likeness (QED) is 0.719. The molecule has 0 saturated carbocycles. The number of rotatable bonds is 1. The van der Waals surface area contributed by atoms with E-state index in [2.05, 4.69) is 16.4 Å². The molecule has 1 spiro atoms. The fraction of sp³-hybridized carbons (Fsp3) is 0.250. The lowest BCUT2D eigenvalue weighted by atomic mass is 9.82. The molecule has 5 nitrogen and oxygen atoms in total. The predicted octanol–water partition coefficient (Wildman–Crippen LogP) is 2.54. The number of anilines is 1. The zero-order chi connectivity index (χ0) is 17.2. The monoisotopic (exact) mass is 333 g/mol. The number of hydrogen-bond donors (Lipinski definition) is 2. The van der Waals surface area contributed by atoms with Crippen LogP contribution in [0.5, 0.6) is 5.75 Å². The van der Waals surface area contributed by atoms with Crippen molar-refractivity contribution in [3.05, 3.63) is 59.3 Å². The molecular weight excluding hydrogens is 314 g/mol. The van der Waals surface area contributed by atoms with Crippen LogP contribution >= 0.6 is 0 Å². The molecule has 1 amide bonds. The number of methoxy groups -OCH3 is 1. The molecule has 126 valence electrons. The summed E-state index contributed by atoms with van der Waals surface area (Å²) < 4.78 is 5.39. The summed E-state index contributed by atoms with van der Waals surface area (Å²) in [4.78, 5) is 18.6.